The molecule has 0 radical (unpaired) electrons. The normalized spacial score (nSPS) is 22.6. The van der Waals surface area contributed by atoms with E-state index in [1.807, 2.05) is 0 Å². The van der Waals surface area contributed by atoms with E-state index in [9.17, 15) is 24.3 Å². The minimum atomic E-state index is -1.28. The maximum atomic E-state index is 12.5. The fourth-order valence-corrected chi connectivity index (χ4v) is 4.88. The van der Waals surface area contributed by atoms with Crippen LogP contribution in [0.25, 0.3) is 0 Å². The Morgan fingerprint density at radius 3 is 2.81 bits per heavy atom. The van der Waals surface area contributed by atoms with E-state index in [2.05, 4.69) is 5.32 Å². The number of ether oxygens (including phenoxy) is 1. The van der Waals surface area contributed by atoms with Crippen LogP contribution in [-0.4, -0.2) is 57.5 Å². The molecule has 3 rings (SSSR count). The van der Waals surface area contributed by atoms with Crippen LogP contribution in [0.2, 0.25) is 0 Å². The molecule has 2 amide bonds. The van der Waals surface area contributed by atoms with Crippen LogP contribution in [0.4, 0.5) is 0 Å². The van der Waals surface area contributed by atoms with Crippen molar-refractivity contribution in [1.29, 1.82) is 0 Å². The van der Waals surface area contributed by atoms with Gasteiger partial charge >= 0.3 is 11.9 Å². The molecule has 0 saturated carbocycles. The van der Waals surface area contributed by atoms with Gasteiger partial charge in [-0.25, -0.2) is 4.79 Å². The number of aliphatic carboxylic acids is 1. The predicted octanol–water partition coefficient (Wildman–Crippen LogP) is 0.0496. The average Bonchev–Trinajstić information content (AvgIpc) is 3.16. The molecular weight excluding hydrogens is 394 g/mol. The van der Waals surface area contributed by atoms with Gasteiger partial charge in [0, 0.05) is 23.1 Å². The van der Waals surface area contributed by atoms with Crippen molar-refractivity contribution in [2.24, 2.45) is 5.73 Å². The predicted molar refractivity (Wildman–Crippen MR) is 97.6 cm³/mol. The molecule has 11 heteroatoms. The number of esters is 1. The molecule has 0 spiro atoms. The van der Waals surface area contributed by atoms with Gasteiger partial charge in [0.05, 0.1) is 0 Å². The lowest BCUT2D eigenvalue weighted by Gasteiger charge is -2.49. The molecule has 1 aromatic heterocycles. The second kappa shape index (κ2) is 7.71. The zero-order valence-corrected chi connectivity index (χ0v) is 15.8. The third kappa shape index (κ3) is 3.70. The summed E-state index contributed by atoms with van der Waals surface area (Å²) >= 11 is 2.63. The first-order valence-electron chi connectivity index (χ1n) is 7.94. The molecule has 1 saturated heterocycles. The summed E-state index contributed by atoms with van der Waals surface area (Å²) in [5, 5.41) is 13.4. The molecule has 2 unspecified atom stereocenters. The number of thiophene rings is 1. The number of rotatable bonds is 6. The van der Waals surface area contributed by atoms with Gasteiger partial charge in [0.1, 0.15) is 29.8 Å². The molecule has 2 aliphatic heterocycles. The molecule has 0 aliphatic carbocycles. The number of thioether (sulfide) groups is 1. The number of amides is 2. The number of nitrogens with zero attached hydrogens (tertiary/aromatic N) is 1. The van der Waals surface area contributed by atoms with Crippen molar-refractivity contribution in [3.8, 4) is 0 Å². The number of nitrogens with one attached hydrogen (secondary N) is 1. The van der Waals surface area contributed by atoms with Crippen LogP contribution < -0.4 is 11.1 Å². The van der Waals surface area contributed by atoms with Crippen LogP contribution in [0, 0.1) is 0 Å². The van der Waals surface area contributed by atoms with Gasteiger partial charge in [0.25, 0.3) is 5.91 Å². The summed E-state index contributed by atoms with van der Waals surface area (Å²) in [6.45, 7) is 1.03. The standard InChI is InChI=1S/C16H17N3O6S2/c1-7(20)25-5-8-6-27-15-11(14(22)19(15)12(8)16(23)24)18-13(21)10(17)9-3-2-4-26-9/h2-4,10-11,15H,5-6,17H2,1H3,(H,18,21)(H,23,24)/t10?,11-,15?/m0/s1. The number of carboxylic acid groups (broad SMARTS) is 1. The third-order valence-electron chi connectivity index (χ3n) is 4.13. The summed E-state index contributed by atoms with van der Waals surface area (Å²) in [5.74, 6) is -2.58. The monoisotopic (exact) mass is 411 g/mol. The Morgan fingerprint density at radius 2 is 2.22 bits per heavy atom. The Kier molecular flexibility index (Phi) is 5.53. The fraction of sp³-hybridized carbons (Fsp3) is 0.375. The highest BCUT2D eigenvalue weighted by molar-refractivity contribution is 8.00. The van der Waals surface area contributed by atoms with E-state index in [0.717, 1.165) is 4.90 Å². The fourth-order valence-electron chi connectivity index (χ4n) is 2.82. The molecule has 1 aromatic rings. The van der Waals surface area contributed by atoms with E-state index in [-0.39, 0.29) is 18.1 Å². The quantitative estimate of drug-likeness (QED) is 0.441. The molecule has 1 fully saturated rings. The summed E-state index contributed by atoms with van der Waals surface area (Å²) in [6, 6.07) is 1.76. The first kappa shape index (κ1) is 19.4. The molecule has 3 atom stereocenters. The van der Waals surface area contributed by atoms with Gasteiger partial charge < -0.3 is 20.9 Å². The highest BCUT2D eigenvalue weighted by Crippen LogP contribution is 2.40. The lowest BCUT2D eigenvalue weighted by atomic mass is 10.0. The summed E-state index contributed by atoms with van der Waals surface area (Å²) in [5.41, 5.74) is 6.05. The van der Waals surface area contributed by atoms with Crippen LogP contribution >= 0.6 is 23.1 Å². The van der Waals surface area contributed by atoms with Gasteiger partial charge in [-0.15, -0.1) is 23.1 Å². The smallest absolute Gasteiger partial charge is 0.352 e. The van der Waals surface area contributed by atoms with E-state index < -0.39 is 41.2 Å². The summed E-state index contributed by atoms with van der Waals surface area (Å²) in [7, 11) is 0. The number of carbonyl (C=O) groups excluding carboxylic acids is 3. The molecule has 27 heavy (non-hydrogen) atoms. The number of nitrogens with two attached hydrogens (primary N) is 1. The Hall–Kier alpha value is -2.37. The molecule has 144 valence electrons. The van der Waals surface area contributed by atoms with Crippen LogP contribution in [0.5, 0.6) is 0 Å². The van der Waals surface area contributed by atoms with Crippen LogP contribution in [0.15, 0.2) is 28.8 Å². The van der Waals surface area contributed by atoms with E-state index in [0.29, 0.717) is 10.5 Å². The van der Waals surface area contributed by atoms with Gasteiger partial charge in [-0.05, 0) is 11.4 Å². The van der Waals surface area contributed by atoms with Crippen molar-refractivity contribution in [3.05, 3.63) is 33.7 Å². The maximum Gasteiger partial charge on any atom is 0.352 e. The van der Waals surface area contributed by atoms with Gasteiger partial charge in [-0.3, -0.25) is 19.3 Å². The molecule has 2 aliphatic rings. The van der Waals surface area contributed by atoms with E-state index in [1.165, 1.54) is 30.0 Å². The molecular formula is C16H17N3O6S2. The van der Waals surface area contributed by atoms with Crippen molar-refractivity contribution >= 4 is 46.9 Å². The average molecular weight is 411 g/mol. The minimum Gasteiger partial charge on any atom is -0.477 e. The van der Waals surface area contributed by atoms with Crippen LogP contribution in [0.1, 0.15) is 17.8 Å². The van der Waals surface area contributed by atoms with E-state index in [1.54, 1.807) is 17.5 Å². The SMILES string of the molecule is CC(=O)OCC1=C(C(=O)O)N2C(=O)[C@H](NC(=O)C(N)c3cccs3)C2SC1. The lowest BCUT2D eigenvalue weighted by molar-refractivity contribution is -0.151. The molecule has 9 nitrogen and oxygen atoms in total. The number of hydrogen-bond acceptors (Lipinski definition) is 8. The summed E-state index contributed by atoms with van der Waals surface area (Å²) in [4.78, 5) is 49.2. The zero-order valence-electron chi connectivity index (χ0n) is 14.2. The summed E-state index contributed by atoms with van der Waals surface area (Å²) < 4.78 is 4.87. The largest absolute Gasteiger partial charge is 0.477 e. The Morgan fingerprint density at radius 1 is 1.48 bits per heavy atom. The van der Waals surface area contributed by atoms with Crippen molar-refractivity contribution in [3.63, 3.8) is 0 Å². The highest BCUT2D eigenvalue weighted by atomic mass is 32.2. The highest BCUT2D eigenvalue weighted by Gasteiger charge is 2.54. The van der Waals surface area contributed by atoms with Crippen molar-refractivity contribution < 1.29 is 29.0 Å². The second-order valence-electron chi connectivity index (χ2n) is 5.93. The minimum absolute atomic E-state index is 0.194. The Labute approximate surface area is 162 Å². The van der Waals surface area contributed by atoms with Crippen molar-refractivity contribution in [2.75, 3.05) is 12.4 Å². The van der Waals surface area contributed by atoms with Gasteiger partial charge in [-0.2, -0.15) is 0 Å². The third-order valence-corrected chi connectivity index (χ3v) is 6.42. The topological polar surface area (TPSA) is 139 Å². The lowest BCUT2D eigenvalue weighted by Crippen LogP contribution is -2.71. The van der Waals surface area contributed by atoms with Crippen molar-refractivity contribution in [2.45, 2.75) is 24.4 Å². The number of β-lactam (4-membered cyclic amide) rings is 1. The van der Waals surface area contributed by atoms with Gasteiger partial charge in [-0.1, -0.05) is 6.07 Å². The molecule has 3 heterocycles. The Balaban J connectivity index is 1.72. The second-order valence-corrected chi connectivity index (χ2v) is 8.01. The molecule has 4 N–H and O–H groups in total. The molecule has 0 aromatic carbocycles. The first-order valence-corrected chi connectivity index (χ1v) is 9.86. The van der Waals surface area contributed by atoms with E-state index >= 15 is 0 Å². The van der Waals surface area contributed by atoms with E-state index in [4.69, 9.17) is 10.5 Å². The zero-order chi connectivity index (χ0) is 19.7. The van der Waals surface area contributed by atoms with Crippen molar-refractivity contribution in [1.82, 2.24) is 10.2 Å². The first-order chi connectivity index (χ1) is 12.8. The molecule has 0 bridgehead atoms. The van der Waals surface area contributed by atoms with Crippen LogP contribution in [0.3, 0.4) is 0 Å². The number of carboxylic acids is 1. The maximum absolute atomic E-state index is 12.5. The number of fused-ring (bicyclic) bond motifs is 1. The van der Waals surface area contributed by atoms with Gasteiger partial charge in [0.15, 0.2) is 0 Å². The van der Waals surface area contributed by atoms with Gasteiger partial charge in [0.2, 0.25) is 5.91 Å². The number of hydrogen-bond donors (Lipinski definition) is 3. The summed E-state index contributed by atoms with van der Waals surface area (Å²) in [6.07, 6.45) is 0. The number of carbonyl (C=O) groups is 4. The van der Waals surface area contributed by atoms with Crippen LogP contribution in [-0.2, 0) is 23.9 Å². The Bertz CT molecular complexity index is 822.